The summed E-state index contributed by atoms with van der Waals surface area (Å²) in [5, 5.41) is 11.4. The number of aliphatic hydroxyl groups is 1. The Balaban J connectivity index is 1.24. The molecule has 0 aromatic heterocycles. The molecular formula is C32H49F5O2S. The molecule has 40 heavy (non-hydrogen) atoms. The van der Waals surface area contributed by atoms with Crippen molar-refractivity contribution in [3.05, 3.63) is 11.6 Å². The highest BCUT2D eigenvalue weighted by atomic mass is 32.2. The molecule has 0 saturated heterocycles. The van der Waals surface area contributed by atoms with E-state index in [1.165, 1.54) is 17.3 Å². The molecule has 4 aliphatic carbocycles. The average molecular weight is 593 g/mol. The molecule has 230 valence electrons. The van der Waals surface area contributed by atoms with Gasteiger partial charge in [0.25, 0.3) is 0 Å². The molecule has 0 aromatic carbocycles. The maximum absolute atomic E-state index is 13.0. The van der Waals surface area contributed by atoms with E-state index >= 15 is 0 Å². The predicted octanol–water partition coefficient (Wildman–Crippen LogP) is 9.55. The van der Waals surface area contributed by atoms with Gasteiger partial charge >= 0.3 is 12.1 Å². The third kappa shape index (κ3) is 6.33. The Hall–Kier alpha value is -0.630. The Morgan fingerprint density at radius 1 is 0.900 bits per heavy atom. The van der Waals surface area contributed by atoms with Crippen molar-refractivity contribution >= 4 is 17.5 Å². The number of allylic oxidation sites excluding steroid dienone is 1. The van der Waals surface area contributed by atoms with Crippen LogP contribution in [0.3, 0.4) is 0 Å². The number of ketones is 1. The van der Waals surface area contributed by atoms with Crippen LogP contribution < -0.4 is 0 Å². The summed E-state index contributed by atoms with van der Waals surface area (Å²) in [4.78, 5) is 12.4. The standard InChI is InChI=1S/C32H49F5O2S/c1-28-15-11-24(38)21-23(28)20-22(27-25(28)12-16-29(2)26(27)13-17-30(29,3)39)10-7-5-4-6-8-18-40-19-9-14-31(33,34)32(35,36)37/h21-22,25-27,39H,4-20H2,1-3H3/t22-,25+,26+,27-,28+,29+,30+/m1/s1. The lowest BCUT2D eigenvalue weighted by Gasteiger charge is -2.61. The van der Waals surface area contributed by atoms with Crippen LogP contribution in [0.4, 0.5) is 22.0 Å². The number of halogens is 5. The lowest BCUT2D eigenvalue weighted by atomic mass is 9.44. The van der Waals surface area contributed by atoms with E-state index in [4.69, 9.17) is 0 Å². The molecule has 0 radical (unpaired) electrons. The van der Waals surface area contributed by atoms with Gasteiger partial charge in [0.1, 0.15) is 0 Å². The molecule has 7 atom stereocenters. The highest BCUT2D eigenvalue weighted by molar-refractivity contribution is 7.99. The minimum Gasteiger partial charge on any atom is -0.390 e. The van der Waals surface area contributed by atoms with Gasteiger partial charge in [-0.3, -0.25) is 4.79 Å². The van der Waals surface area contributed by atoms with E-state index in [-0.39, 0.29) is 23.0 Å². The first-order valence-corrected chi connectivity index (χ1v) is 16.8. The van der Waals surface area contributed by atoms with Crippen molar-refractivity contribution in [2.24, 2.45) is 34.5 Å². The Morgan fingerprint density at radius 3 is 2.27 bits per heavy atom. The Kier molecular flexibility index (Phi) is 9.82. The van der Waals surface area contributed by atoms with Crippen LogP contribution in [0.1, 0.15) is 117 Å². The first-order chi connectivity index (χ1) is 18.6. The molecule has 0 bridgehead atoms. The largest absolute Gasteiger partial charge is 0.453 e. The van der Waals surface area contributed by atoms with Crippen LogP contribution in [-0.2, 0) is 4.79 Å². The maximum atomic E-state index is 13.0. The number of hydrogen-bond acceptors (Lipinski definition) is 3. The number of carbonyl (C=O) groups is 1. The molecule has 1 N–H and O–H groups in total. The second-order valence-corrected chi connectivity index (χ2v) is 15.3. The molecule has 0 aromatic rings. The van der Waals surface area contributed by atoms with Crippen LogP contribution in [0.5, 0.6) is 0 Å². The maximum Gasteiger partial charge on any atom is 0.453 e. The van der Waals surface area contributed by atoms with Gasteiger partial charge in [0, 0.05) is 12.8 Å². The highest BCUT2D eigenvalue weighted by Gasteiger charge is 2.64. The summed E-state index contributed by atoms with van der Waals surface area (Å²) in [5.74, 6) is -0.893. The summed E-state index contributed by atoms with van der Waals surface area (Å²) in [6.07, 6.45) is 8.62. The van der Waals surface area contributed by atoms with Crippen molar-refractivity contribution in [2.75, 3.05) is 11.5 Å². The van der Waals surface area contributed by atoms with Crippen LogP contribution in [0.2, 0.25) is 0 Å². The molecule has 8 heteroatoms. The van der Waals surface area contributed by atoms with E-state index in [1.807, 2.05) is 13.0 Å². The molecule has 4 rings (SSSR count). The van der Waals surface area contributed by atoms with Crippen molar-refractivity contribution in [3.63, 3.8) is 0 Å². The van der Waals surface area contributed by atoms with E-state index in [1.54, 1.807) is 0 Å². The number of unbranched alkanes of at least 4 members (excludes halogenated alkanes) is 4. The quantitative estimate of drug-likeness (QED) is 0.181. The number of hydrogen-bond donors (Lipinski definition) is 1. The Morgan fingerprint density at radius 2 is 1.55 bits per heavy atom. The summed E-state index contributed by atoms with van der Waals surface area (Å²) in [6, 6.07) is 0. The van der Waals surface area contributed by atoms with Gasteiger partial charge in [0.05, 0.1) is 5.60 Å². The third-order valence-electron chi connectivity index (χ3n) is 11.8. The van der Waals surface area contributed by atoms with Crippen molar-refractivity contribution < 1.29 is 31.9 Å². The molecule has 0 unspecified atom stereocenters. The van der Waals surface area contributed by atoms with E-state index in [9.17, 15) is 31.9 Å². The lowest BCUT2D eigenvalue weighted by molar-refractivity contribution is -0.284. The minimum atomic E-state index is -5.45. The second kappa shape index (κ2) is 12.2. The van der Waals surface area contributed by atoms with Crippen LogP contribution in [0.25, 0.3) is 0 Å². The van der Waals surface area contributed by atoms with Gasteiger partial charge in [-0.2, -0.15) is 33.7 Å². The average Bonchev–Trinajstić information content (AvgIpc) is 3.11. The fraction of sp³-hybridized carbons (Fsp3) is 0.906. The lowest BCUT2D eigenvalue weighted by Crippen LogP contribution is -2.56. The Labute approximate surface area is 241 Å². The first kappa shape index (κ1) is 32.3. The van der Waals surface area contributed by atoms with Crippen molar-refractivity contribution in [1.82, 2.24) is 0 Å². The number of alkyl halides is 5. The van der Waals surface area contributed by atoms with Crippen LogP contribution in [0, 0.1) is 34.5 Å². The fourth-order valence-electron chi connectivity index (χ4n) is 9.03. The fourth-order valence-corrected chi connectivity index (χ4v) is 9.99. The SMILES string of the molecule is C[C@]12CCC(=O)C=C1C[C@@H](CCCCCCCSCCCC(F)(F)C(F)(F)F)[C@@H]1[C@@H]2CC[C@@]2(C)[C@H]1CC[C@]2(C)O. The second-order valence-electron chi connectivity index (χ2n) is 14.1. The van der Waals surface area contributed by atoms with Gasteiger partial charge < -0.3 is 5.11 Å². The molecule has 4 aliphatic rings. The minimum absolute atomic E-state index is 0.0329. The molecule has 0 heterocycles. The van der Waals surface area contributed by atoms with Crippen molar-refractivity contribution in [1.29, 1.82) is 0 Å². The number of thioether (sulfide) groups is 1. The van der Waals surface area contributed by atoms with Gasteiger partial charge in [-0.25, -0.2) is 0 Å². The van der Waals surface area contributed by atoms with E-state index < -0.39 is 24.1 Å². The van der Waals surface area contributed by atoms with Gasteiger partial charge in [0.15, 0.2) is 5.78 Å². The smallest absolute Gasteiger partial charge is 0.390 e. The summed E-state index contributed by atoms with van der Waals surface area (Å²) < 4.78 is 62.7. The molecule has 2 nitrogen and oxygen atoms in total. The van der Waals surface area contributed by atoms with Gasteiger partial charge in [0.2, 0.25) is 0 Å². The zero-order valence-corrected chi connectivity index (χ0v) is 25.4. The summed E-state index contributed by atoms with van der Waals surface area (Å²) in [5.41, 5.74) is 0.859. The van der Waals surface area contributed by atoms with E-state index in [2.05, 4.69) is 13.8 Å². The van der Waals surface area contributed by atoms with Crippen LogP contribution in [0.15, 0.2) is 11.6 Å². The molecule has 3 fully saturated rings. The highest BCUT2D eigenvalue weighted by Crippen LogP contribution is 2.69. The normalized spacial score (nSPS) is 38.0. The predicted molar refractivity (Wildman–Crippen MR) is 151 cm³/mol. The van der Waals surface area contributed by atoms with Crippen LogP contribution in [-0.4, -0.2) is 40.1 Å². The number of carbonyl (C=O) groups excluding carboxylic acids is 1. The van der Waals surface area contributed by atoms with Gasteiger partial charge in [-0.1, -0.05) is 45.1 Å². The molecule has 0 amide bonds. The van der Waals surface area contributed by atoms with Crippen molar-refractivity contribution in [3.8, 4) is 0 Å². The van der Waals surface area contributed by atoms with Gasteiger partial charge in [-0.05, 0) is 117 Å². The summed E-state index contributed by atoms with van der Waals surface area (Å²) in [7, 11) is 0. The first-order valence-electron chi connectivity index (χ1n) is 15.6. The molecular weight excluding hydrogens is 543 g/mol. The Bertz CT molecular complexity index is 931. The number of fused-ring (bicyclic) bond motifs is 5. The summed E-state index contributed by atoms with van der Waals surface area (Å²) in [6.45, 7) is 6.79. The topological polar surface area (TPSA) is 37.3 Å². The summed E-state index contributed by atoms with van der Waals surface area (Å²) >= 11 is 1.47. The van der Waals surface area contributed by atoms with Crippen LogP contribution >= 0.6 is 11.8 Å². The molecule has 0 aliphatic heterocycles. The van der Waals surface area contributed by atoms with Crippen molar-refractivity contribution in [2.45, 2.75) is 135 Å². The monoisotopic (exact) mass is 592 g/mol. The third-order valence-corrected chi connectivity index (χ3v) is 12.9. The zero-order chi connectivity index (χ0) is 29.4. The zero-order valence-electron chi connectivity index (χ0n) is 24.6. The van der Waals surface area contributed by atoms with Gasteiger partial charge in [-0.15, -0.1) is 0 Å². The molecule has 3 saturated carbocycles. The van der Waals surface area contributed by atoms with E-state index in [0.29, 0.717) is 35.8 Å². The molecule has 0 spiro atoms. The number of rotatable bonds is 12. The van der Waals surface area contributed by atoms with E-state index in [0.717, 1.165) is 82.8 Å².